The van der Waals surface area contributed by atoms with Crippen LogP contribution in [0, 0.1) is 11.7 Å². The van der Waals surface area contributed by atoms with Crippen LogP contribution >= 0.6 is 23.2 Å². The fraction of sp³-hybridized carbons (Fsp3) is 0.500. The maximum Gasteiger partial charge on any atom is 0.146 e. The van der Waals surface area contributed by atoms with E-state index < -0.39 is 0 Å². The number of benzene rings is 1. The lowest BCUT2D eigenvalue weighted by molar-refractivity contribution is 0.574. The van der Waals surface area contributed by atoms with E-state index in [1.54, 1.807) is 18.2 Å². The van der Waals surface area contributed by atoms with E-state index in [0.717, 1.165) is 6.54 Å². The van der Waals surface area contributed by atoms with Crippen LogP contribution in [0.1, 0.15) is 18.4 Å². The molecular weight excluding hydrogens is 248 g/mol. The first-order valence-corrected chi connectivity index (χ1v) is 6.27. The number of alkyl halides is 1. The molecule has 1 N–H and O–H groups in total. The third kappa shape index (κ3) is 3.09. The molecule has 88 valence electrons. The van der Waals surface area contributed by atoms with Crippen molar-refractivity contribution >= 4 is 23.2 Å². The minimum absolute atomic E-state index is 0.169. The van der Waals surface area contributed by atoms with E-state index in [1.807, 2.05) is 0 Å². The van der Waals surface area contributed by atoms with E-state index in [9.17, 15) is 4.39 Å². The standard InChI is InChI=1S/C12H14Cl2FN/c13-10-3-1-2-9(12(10)15)6-16-7-11(14)8-4-5-8/h1-3,8,11,16H,4-7H2. The van der Waals surface area contributed by atoms with E-state index >= 15 is 0 Å². The topological polar surface area (TPSA) is 12.0 Å². The SMILES string of the molecule is Fc1c(Cl)cccc1CNCC(Cl)C1CC1. The first kappa shape index (κ1) is 12.2. The van der Waals surface area contributed by atoms with E-state index in [-0.39, 0.29) is 16.2 Å². The molecule has 0 spiro atoms. The summed E-state index contributed by atoms with van der Waals surface area (Å²) in [5.74, 6) is 0.313. The van der Waals surface area contributed by atoms with Gasteiger partial charge >= 0.3 is 0 Å². The molecule has 0 saturated heterocycles. The van der Waals surface area contributed by atoms with Crippen molar-refractivity contribution in [3.63, 3.8) is 0 Å². The van der Waals surface area contributed by atoms with Gasteiger partial charge in [0.25, 0.3) is 0 Å². The maximum absolute atomic E-state index is 13.5. The molecule has 1 aliphatic carbocycles. The molecule has 1 aromatic carbocycles. The second-order valence-electron chi connectivity index (χ2n) is 4.20. The fourth-order valence-electron chi connectivity index (χ4n) is 1.65. The van der Waals surface area contributed by atoms with Crippen LogP contribution in [0.4, 0.5) is 4.39 Å². The van der Waals surface area contributed by atoms with Crippen molar-refractivity contribution in [2.75, 3.05) is 6.54 Å². The Bertz CT molecular complexity index is 366. The van der Waals surface area contributed by atoms with E-state index in [1.165, 1.54) is 12.8 Å². The van der Waals surface area contributed by atoms with Gasteiger partial charge in [-0.15, -0.1) is 11.6 Å². The third-order valence-corrected chi connectivity index (χ3v) is 3.62. The average molecular weight is 262 g/mol. The predicted octanol–water partition coefficient (Wildman–Crippen LogP) is 3.59. The van der Waals surface area contributed by atoms with Crippen molar-refractivity contribution in [1.82, 2.24) is 5.32 Å². The van der Waals surface area contributed by atoms with Crippen molar-refractivity contribution in [3.05, 3.63) is 34.6 Å². The number of rotatable bonds is 5. The highest BCUT2D eigenvalue weighted by Crippen LogP contribution is 2.35. The van der Waals surface area contributed by atoms with E-state index in [4.69, 9.17) is 23.2 Å². The molecule has 1 atom stereocenters. The van der Waals surface area contributed by atoms with Gasteiger partial charge in [0.2, 0.25) is 0 Å². The molecular formula is C12H14Cl2FN. The fourth-order valence-corrected chi connectivity index (χ4v) is 2.21. The molecule has 1 saturated carbocycles. The second-order valence-corrected chi connectivity index (χ2v) is 5.17. The summed E-state index contributed by atoms with van der Waals surface area (Å²) in [6.45, 7) is 1.19. The van der Waals surface area contributed by atoms with Crippen molar-refractivity contribution in [2.45, 2.75) is 24.8 Å². The molecule has 0 heterocycles. The van der Waals surface area contributed by atoms with Crippen molar-refractivity contribution < 1.29 is 4.39 Å². The molecule has 1 unspecified atom stereocenters. The van der Waals surface area contributed by atoms with Gasteiger partial charge in [0, 0.05) is 24.0 Å². The molecule has 1 nitrogen and oxygen atoms in total. The highest BCUT2D eigenvalue weighted by Gasteiger charge is 2.29. The Morgan fingerprint density at radius 3 is 2.88 bits per heavy atom. The van der Waals surface area contributed by atoms with Gasteiger partial charge in [-0.05, 0) is 24.8 Å². The quantitative estimate of drug-likeness (QED) is 0.799. The summed E-state index contributed by atoms with van der Waals surface area (Å²) in [4.78, 5) is 0. The van der Waals surface area contributed by atoms with Crippen LogP contribution in [0.3, 0.4) is 0 Å². The summed E-state index contributed by atoms with van der Waals surface area (Å²) in [5.41, 5.74) is 0.590. The molecule has 0 aliphatic heterocycles. The summed E-state index contributed by atoms with van der Waals surface area (Å²) < 4.78 is 13.5. The Morgan fingerprint density at radius 1 is 1.44 bits per heavy atom. The smallest absolute Gasteiger partial charge is 0.146 e. The Balaban J connectivity index is 1.82. The number of hydrogen-bond donors (Lipinski definition) is 1. The third-order valence-electron chi connectivity index (χ3n) is 2.82. The molecule has 1 aromatic rings. The maximum atomic E-state index is 13.5. The van der Waals surface area contributed by atoms with Crippen molar-refractivity contribution in [3.8, 4) is 0 Å². The monoisotopic (exact) mass is 261 g/mol. The minimum Gasteiger partial charge on any atom is -0.311 e. The summed E-state index contributed by atoms with van der Waals surface area (Å²) in [7, 11) is 0. The van der Waals surface area contributed by atoms with Crippen LogP contribution < -0.4 is 5.32 Å². The predicted molar refractivity (Wildman–Crippen MR) is 65.5 cm³/mol. The van der Waals surface area contributed by atoms with Gasteiger partial charge in [0.15, 0.2) is 0 Å². The highest BCUT2D eigenvalue weighted by molar-refractivity contribution is 6.30. The molecule has 16 heavy (non-hydrogen) atoms. The lowest BCUT2D eigenvalue weighted by atomic mass is 10.2. The molecule has 0 radical (unpaired) electrons. The Kier molecular flexibility index (Phi) is 4.06. The van der Waals surface area contributed by atoms with Crippen LogP contribution in [-0.4, -0.2) is 11.9 Å². The van der Waals surface area contributed by atoms with Gasteiger partial charge in [0.1, 0.15) is 5.82 Å². The van der Waals surface area contributed by atoms with Crippen LogP contribution in [0.5, 0.6) is 0 Å². The van der Waals surface area contributed by atoms with Gasteiger partial charge < -0.3 is 5.32 Å². The van der Waals surface area contributed by atoms with Gasteiger partial charge in [-0.3, -0.25) is 0 Å². The van der Waals surface area contributed by atoms with Crippen molar-refractivity contribution in [2.24, 2.45) is 5.92 Å². The van der Waals surface area contributed by atoms with Crippen LogP contribution in [0.15, 0.2) is 18.2 Å². The first-order valence-electron chi connectivity index (χ1n) is 5.46. The Hall–Kier alpha value is -0.310. The lowest BCUT2D eigenvalue weighted by Crippen LogP contribution is -2.24. The Labute approximate surface area is 105 Å². The zero-order chi connectivity index (χ0) is 11.5. The second kappa shape index (κ2) is 5.35. The molecule has 1 aliphatic rings. The summed E-state index contributed by atoms with van der Waals surface area (Å²) in [6, 6.07) is 5.03. The largest absolute Gasteiger partial charge is 0.311 e. The molecule has 0 amide bonds. The summed E-state index contributed by atoms with van der Waals surface area (Å²) >= 11 is 11.8. The summed E-state index contributed by atoms with van der Waals surface area (Å²) in [5, 5.41) is 3.50. The van der Waals surface area contributed by atoms with E-state index in [0.29, 0.717) is 18.0 Å². The normalized spacial score (nSPS) is 17.4. The Morgan fingerprint density at radius 2 is 2.19 bits per heavy atom. The lowest BCUT2D eigenvalue weighted by Gasteiger charge is -2.10. The number of nitrogens with one attached hydrogen (secondary N) is 1. The molecule has 2 rings (SSSR count). The van der Waals surface area contributed by atoms with Crippen LogP contribution in [0.2, 0.25) is 5.02 Å². The van der Waals surface area contributed by atoms with Crippen LogP contribution in [-0.2, 0) is 6.54 Å². The molecule has 0 bridgehead atoms. The zero-order valence-electron chi connectivity index (χ0n) is 8.85. The van der Waals surface area contributed by atoms with Gasteiger partial charge in [0.05, 0.1) is 5.02 Å². The summed E-state index contributed by atoms with van der Waals surface area (Å²) in [6.07, 6.45) is 2.45. The number of halogens is 3. The van der Waals surface area contributed by atoms with Gasteiger partial charge in [-0.25, -0.2) is 4.39 Å². The average Bonchev–Trinajstić information content (AvgIpc) is 3.07. The molecule has 0 aromatic heterocycles. The van der Waals surface area contributed by atoms with E-state index in [2.05, 4.69) is 5.32 Å². The van der Waals surface area contributed by atoms with Gasteiger partial charge in [-0.2, -0.15) is 0 Å². The van der Waals surface area contributed by atoms with Crippen LogP contribution in [0.25, 0.3) is 0 Å². The molecule has 1 fully saturated rings. The highest BCUT2D eigenvalue weighted by atomic mass is 35.5. The number of hydrogen-bond acceptors (Lipinski definition) is 1. The van der Waals surface area contributed by atoms with Gasteiger partial charge in [-0.1, -0.05) is 23.7 Å². The molecule has 4 heteroatoms. The zero-order valence-corrected chi connectivity index (χ0v) is 10.4. The minimum atomic E-state index is -0.339. The van der Waals surface area contributed by atoms with Crippen molar-refractivity contribution in [1.29, 1.82) is 0 Å². The first-order chi connectivity index (χ1) is 7.68.